The third kappa shape index (κ3) is 2.89. The summed E-state index contributed by atoms with van der Waals surface area (Å²) in [5.41, 5.74) is 2.12. The maximum Gasteiger partial charge on any atom is 0.260 e. The Labute approximate surface area is 151 Å². The number of likely N-dealkylation sites (tertiary alicyclic amines) is 1. The SMILES string of the molecule is Cc1noc(C)c1C(=O)N1Cc2ccnn2CC[C@H]1CN1CCCC1=O. The van der Waals surface area contributed by atoms with Crippen molar-refractivity contribution in [3.63, 3.8) is 0 Å². The monoisotopic (exact) mass is 357 g/mol. The second kappa shape index (κ2) is 6.59. The number of nitrogens with zero attached hydrogens (tertiary/aromatic N) is 5. The predicted octanol–water partition coefficient (Wildman–Crippen LogP) is 1.53. The van der Waals surface area contributed by atoms with Gasteiger partial charge >= 0.3 is 0 Å². The molecule has 0 bridgehead atoms. The van der Waals surface area contributed by atoms with Crippen molar-refractivity contribution in [1.82, 2.24) is 24.7 Å². The molecule has 0 radical (unpaired) electrons. The van der Waals surface area contributed by atoms with Gasteiger partial charge in [0, 0.05) is 32.3 Å². The first-order chi connectivity index (χ1) is 12.5. The Morgan fingerprint density at radius 3 is 2.88 bits per heavy atom. The van der Waals surface area contributed by atoms with E-state index in [0.29, 0.717) is 36.5 Å². The average molecular weight is 357 g/mol. The number of fused-ring (bicyclic) bond motifs is 1. The van der Waals surface area contributed by atoms with Crippen molar-refractivity contribution in [1.29, 1.82) is 0 Å². The maximum absolute atomic E-state index is 13.3. The molecular formula is C18H23N5O3. The van der Waals surface area contributed by atoms with Gasteiger partial charge in [0.2, 0.25) is 5.91 Å². The molecule has 2 aromatic heterocycles. The lowest BCUT2D eigenvalue weighted by molar-refractivity contribution is -0.128. The van der Waals surface area contributed by atoms with E-state index in [0.717, 1.165) is 31.6 Å². The number of hydrogen-bond donors (Lipinski definition) is 0. The van der Waals surface area contributed by atoms with Crippen LogP contribution in [0.2, 0.25) is 0 Å². The smallest absolute Gasteiger partial charge is 0.260 e. The summed E-state index contributed by atoms with van der Waals surface area (Å²) in [5, 5.41) is 8.28. The zero-order valence-electron chi connectivity index (χ0n) is 15.1. The van der Waals surface area contributed by atoms with Gasteiger partial charge in [-0.05, 0) is 32.8 Å². The van der Waals surface area contributed by atoms with Crippen molar-refractivity contribution in [2.45, 2.75) is 52.2 Å². The second-order valence-corrected chi connectivity index (χ2v) is 7.06. The highest BCUT2D eigenvalue weighted by Crippen LogP contribution is 2.24. The molecule has 2 amide bonds. The van der Waals surface area contributed by atoms with Crippen molar-refractivity contribution in [2.24, 2.45) is 0 Å². The van der Waals surface area contributed by atoms with Crippen LogP contribution >= 0.6 is 0 Å². The zero-order chi connectivity index (χ0) is 18.3. The van der Waals surface area contributed by atoms with Crippen LogP contribution in [0.15, 0.2) is 16.8 Å². The third-order valence-corrected chi connectivity index (χ3v) is 5.36. The summed E-state index contributed by atoms with van der Waals surface area (Å²) < 4.78 is 7.14. The van der Waals surface area contributed by atoms with Crippen LogP contribution in [0.3, 0.4) is 0 Å². The maximum atomic E-state index is 13.3. The fourth-order valence-electron chi connectivity index (χ4n) is 3.94. The van der Waals surface area contributed by atoms with Crippen molar-refractivity contribution in [2.75, 3.05) is 13.1 Å². The molecule has 2 aliphatic rings. The summed E-state index contributed by atoms with van der Waals surface area (Å²) in [4.78, 5) is 29.2. The summed E-state index contributed by atoms with van der Waals surface area (Å²) in [5.74, 6) is 0.616. The van der Waals surface area contributed by atoms with Gasteiger partial charge in [0.1, 0.15) is 11.3 Å². The highest BCUT2D eigenvalue weighted by atomic mass is 16.5. The standard InChI is InChI=1S/C18H23N5O3/c1-12-17(13(2)26-20-12)18(25)22-11-15-5-7-19-23(15)9-6-14(22)10-21-8-3-4-16(21)24/h5,7,14H,3-4,6,8-11H2,1-2H3/t14-/m0/s1. The van der Waals surface area contributed by atoms with E-state index in [2.05, 4.69) is 10.3 Å². The first kappa shape index (κ1) is 16.8. The summed E-state index contributed by atoms with van der Waals surface area (Å²) in [7, 11) is 0. The molecule has 0 N–H and O–H groups in total. The molecule has 2 aliphatic heterocycles. The summed E-state index contributed by atoms with van der Waals surface area (Å²) in [6.45, 7) is 6.08. The van der Waals surface area contributed by atoms with Gasteiger partial charge in [-0.2, -0.15) is 5.10 Å². The third-order valence-electron chi connectivity index (χ3n) is 5.36. The lowest BCUT2D eigenvalue weighted by atomic mass is 10.1. The van der Waals surface area contributed by atoms with E-state index in [1.54, 1.807) is 20.0 Å². The van der Waals surface area contributed by atoms with Gasteiger partial charge in [-0.3, -0.25) is 14.3 Å². The van der Waals surface area contributed by atoms with E-state index in [4.69, 9.17) is 4.52 Å². The molecule has 0 unspecified atom stereocenters. The van der Waals surface area contributed by atoms with Crippen LogP contribution in [-0.2, 0) is 17.9 Å². The van der Waals surface area contributed by atoms with E-state index in [9.17, 15) is 9.59 Å². The largest absolute Gasteiger partial charge is 0.361 e. The quantitative estimate of drug-likeness (QED) is 0.832. The van der Waals surface area contributed by atoms with Gasteiger partial charge in [0.15, 0.2) is 0 Å². The number of amides is 2. The van der Waals surface area contributed by atoms with Gasteiger partial charge in [-0.15, -0.1) is 0 Å². The number of carbonyl (C=O) groups is 2. The molecule has 1 fully saturated rings. The van der Waals surface area contributed by atoms with E-state index >= 15 is 0 Å². The number of rotatable bonds is 3. The number of aryl methyl sites for hydroxylation is 3. The van der Waals surface area contributed by atoms with Crippen LogP contribution in [0.4, 0.5) is 0 Å². The first-order valence-corrected chi connectivity index (χ1v) is 9.07. The van der Waals surface area contributed by atoms with Crippen LogP contribution in [0.1, 0.15) is 46.8 Å². The molecule has 8 heteroatoms. The molecule has 26 heavy (non-hydrogen) atoms. The van der Waals surface area contributed by atoms with Crippen molar-refractivity contribution >= 4 is 11.8 Å². The van der Waals surface area contributed by atoms with Crippen molar-refractivity contribution < 1.29 is 14.1 Å². The van der Waals surface area contributed by atoms with Gasteiger partial charge in [-0.1, -0.05) is 5.16 Å². The zero-order valence-corrected chi connectivity index (χ0v) is 15.1. The Hall–Kier alpha value is -2.64. The molecule has 1 saturated heterocycles. The van der Waals surface area contributed by atoms with Crippen LogP contribution in [0, 0.1) is 13.8 Å². The summed E-state index contributed by atoms with van der Waals surface area (Å²) >= 11 is 0. The molecule has 0 aromatic carbocycles. The summed E-state index contributed by atoms with van der Waals surface area (Å²) in [6, 6.07) is 1.89. The molecule has 0 saturated carbocycles. The molecule has 4 rings (SSSR count). The predicted molar refractivity (Wildman–Crippen MR) is 92.3 cm³/mol. The van der Waals surface area contributed by atoms with Crippen molar-refractivity contribution in [3.8, 4) is 0 Å². The summed E-state index contributed by atoms with van der Waals surface area (Å²) in [6.07, 6.45) is 4.02. The Balaban J connectivity index is 1.65. The minimum absolute atomic E-state index is 0.0556. The minimum atomic E-state index is -0.0902. The first-order valence-electron chi connectivity index (χ1n) is 9.07. The molecule has 4 heterocycles. The second-order valence-electron chi connectivity index (χ2n) is 7.06. The Morgan fingerprint density at radius 1 is 1.35 bits per heavy atom. The normalized spacial score (nSPS) is 20.4. The van der Waals surface area contributed by atoms with Gasteiger partial charge < -0.3 is 14.3 Å². The van der Waals surface area contributed by atoms with E-state index in [-0.39, 0.29) is 17.9 Å². The highest BCUT2D eigenvalue weighted by molar-refractivity contribution is 5.96. The number of hydrogen-bond acceptors (Lipinski definition) is 5. The van der Waals surface area contributed by atoms with E-state index < -0.39 is 0 Å². The van der Waals surface area contributed by atoms with Crippen LogP contribution in [-0.4, -0.2) is 55.7 Å². The topological polar surface area (TPSA) is 84.5 Å². The Kier molecular flexibility index (Phi) is 4.26. The lowest BCUT2D eigenvalue weighted by Gasteiger charge is -2.32. The molecule has 1 atom stereocenters. The molecule has 0 spiro atoms. The van der Waals surface area contributed by atoms with E-state index in [1.165, 1.54) is 0 Å². The van der Waals surface area contributed by atoms with E-state index in [1.807, 2.05) is 20.5 Å². The van der Waals surface area contributed by atoms with Gasteiger partial charge in [0.05, 0.1) is 24.0 Å². The molecule has 2 aromatic rings. The fraction of sp³-hybridized carbons (Fsp3) is 0.556. The lowest BCUT2D eigenvalue weighted by Crippen LogP contribution is -2.46. The van der Waals surface area contributed by atoms with Gasteiger partial charge in [-0.25, -0.2) is 0 Å². The van der Waals surface area contributed by atoms with Crippen molar-refractivity contribution in [3.05, 3.63) is 35.0 Å². The highest BCUT2D eigenvalue weighted by Gasteiger charge is 2.34. The molecule has 0 aliphatic carbocycles. The Bertz CT molecular complexity index is 820. The van der Waals surface area contributed by atoms with Crippen LogP contribution in [0.5, 0.6) is 0 Å². The average Bonchev–Trinajstić information content (AvgIpc) is 3.28. The van der Waals surface area contributed by atoms with Crippen LogP contribution in [0.25, 0.3) is 0 Å². The molecule has 8 nitrogen and oxygen atoms in total. The number of aromatic nitrogens is 3. The fourth-order valence-corrected chi connectivity index (χ4v) is 3.94. The van der Waals surface area contributed by atoms with Crippen LogP contribution < -0.4 is 0 Å². The molecular weight excluding hydrogens is 334 g/mol. The number of carbonyl (C=O) groups excluding carboxylic acids is 2. The molecule has 138 valence electrons. The van der Waals surface area contributed by atoms with Gasteiger partial charge in [0.25, 0.3) is 5.91 Å². The Morgan fingerprint density at radius 2 is 2.19 bits per heavy atom. The minimum Gasteiger partial charge on any atom is -0.361 e.